The van der Waals surface area contributed by atoms with Crippen LogP contribution >= 0.6 is 0 Å². The van der Waals surface area contributed by atoms with E-state index in [1.165, 1.54) is 17.5 Å². The van der Waals surface area contributed by atoms with Gasteiger partial charge in [0, 0.05) is 17.6 Å². The first-order chi connectivity index (χ1) is 18.2. The number of rotatable bonds is 4. The molecule has 1 aromatic heterocycles. The number of hydrogen-bond acceptors (Lipinski definition) is 3. The molecule has 0 bridgehead atoms. The van der Waals surface area contributed by atoms with E-state index in [9.17, 15) is 4.79 Å². The Morgan fingerprint density at radius 2 is 1.68 bits per heavy atom. The summed E-state index contributed by atoms with van der Waals surface area (Å²) in [6.07, 6.45) is 6.48. The highest BCUT2D eigenvalue weighted by atomic mass is 16.5. The molecule has 3 aromatic carbocycles. The van der Waals surface area contributed by atoms with Crippen molar-refractivity contribution in [3.8, 4) is 17.2 Å². The molecular weight excluding hydrogens is 462 g/mol. The molecule has 188 valence electrons. The van der Waals surface area contributed by atoms with Crippen LogP contribution in [-0.4, -0.2) is 29.7 Å². The van der Waals surface area contributed by atoms with Crippen LogP contribution in [0.4, 0.5) is 10.5 Å². The molecule has 2 amide bonds. The van der Waals surface area contributed by atoms with E-state index in [4.69, 9.17) is 9.47 Å². The molecule has 0 fully saturated rings. The van der Waals surface area contributed by atoms with Gasteiger partial charge in [-0.1, -0.05) is 36.4 Å². The lowest BCUT2D eigenvalue weighted by atomic mass is 9.90. The quantitative estimate of drug-likeness (QED) is 0.353. The lowest BCUT2D eigenvalue weighted by Gasteiger charge is -2.32. The maximum atomic E-state index is 14.2. The fraction of sp³-hybridized carbons (Fsp3) is 0.258. The lowest BCUT2D eigenvalue weighted by Crippen LogP contribution is -2.38. The van der Waals surface area contributed by atoms with Gasteiger partial charge in [-0.25, -0.2) is 4.79 Å². The van der Waals surface area contributed by atoms with Gasteiger partial charge in [0.25, 0.3) is 0 Å². The summed E-state index contributed by atoms with van der Waals surface area (Å²) in [5.74, 6) is 1.29. The molecular formula is C31H31N3O3. The fourth-order valence-corrected chi connectivity index (χ4v) is 5.80. The zero-order valence-corrected chi connectivity index (χ0v) is 21.2. The zero-order chi connectivity index (χ0) is 25.4. The Kier molecular flexibility index (Phi) is 6.08. The van der Waals surface area contributed by atoms with Crippen molar-refractivity contribution in [1.82, 2.24) is 9.47 Å². The van der Waals surface area contributed by atoms with Gasteiger partial charge in [-0.05, 0) is 84.3 Å². The Morgan fingerprint density at radius 3 is 2.54 bits per heavy atom. The minimum Gasteiger partial charge on any atom is -0.493 e. The van der Waals surface area contributed by atoms with E-state index in [0.29, 0.717) is 18.0 Å². The molecule has 6 rings (SSSR count). The van der Waals surface area contributed by atoms with E-state index in [1.54, 1.807) is 14.2 Å². The summed E-state index contributed by atoms with van der Waals surface area (Å²) in [6.45, 7) is 0.470. The summed E-state index contributed by atoms with van der Waals surface area (Å²) in [6, 6.07) is 24.1. The highest BCUT2D eigenvalue weighted by Gasteiger charge is 2.34. The van der Waals surface area contributed by atoms with Crippen LogP contribution in [0.1, 0.15) is 46.8 Å². The van der Waals surface area contributed by atoms with Crippen molar-refractivity contribution in [2.24, 2.45) is 0 Å². The molecule has 0 radical (unpaired) electrons. The third-order valence-corrected chi connectivity index (χ3v) is 7.59. The van der Waals surface area contributed by atoms with Crippen LogP contribution in [0.2, 0.25) is 0 Å². The molecule has 1 aliphatic heterocycles. The predicted octanol–water partition coefficient (Wildman–Crippen LogP) is 6.51. The highest BCUT2D eigenvalue weighted by molar-refractivity contribution is 5.91. The number of urea groups is 1. The standard InChI is InChI=1S/C31H31N3O3/c1-36-28-17-16-22(19-29(28)37-2)30-27-15-8-18-33(27)26-14-6-4-10-23(26)20-34(30)31(35)32-25-13-7-11-21-9-3-5-12-24(21)25/h4,6-8,10-11,13-19,30H,3,5,9,12,20H2,1-2H3,(H,32,35)/t30-/m0/s1. The van der Waals surface area contributed by atoms with E-state index < -0.39 is 0 Å². The molecule has 1 atom stereocenters. The normalized spacial score (nSPS) is 16.2. The number of benzene rings is 3. The number of nitrogens with zero attached hydrogens (tertiary/aromatic N) is 2. The van der Waals surface area contributed by atoms with E-state index in [-0.39, 0.29) is 12.1 Å². The van der Waals surface area contributed by atoms with E-state index in [0.717, 1.165) is 47.5 Å². The molecule has 0 saturated heterocycles. The number of hydrogen-bond donors (Lipinski definition) is 1. The molecule has 0 saturated carbocycles. The molecule has 0 unspecified atom stereocenters. The monoisotopic (exact) mass is 493 g/mol. The second-order valence-electron chi connectivity index (χ2n) is 9.66. The molecule has 1 N–H and O–H groups in total. The molecule has 0 spiro atoms. The van der Waals surface area contributed by atoms with E-state index in [2.05, 4.69) is 46.4 Å². The number of fused-ring (bicyclic) bond motifs is 4. The third-order valence-electron chi connectivity index (χ3n) is 7.59. The maximum absolute atomic E-state index is 14.2. The SMILES string of the molecule is COc1ccc([C@H]2c3cccn3-c3ccccc3CN2C(=O)Nc2cccc3c2CCCC3)cc1OC. The van der Waals surface area contributed by atoms with Crippen LogP contribution in [0.25, 0.3) is 5.69 Å². The average molecular weight is 494 g/mol. The molecule has 2 heterocycles. The van der Waals surface area contributed by atoms with Crippen molar-refractivity contribution in [2.45, 2.75) is 38.3 Å². The van der Waals surface area contributed by atoms with Gasteiger partial charge in [0.15, 0.2) is 11.5 Å². The van der Waals surface area contributed by atoms with Gasteiger partial charge in [-0.2, -0.15) is 0 Å². The Morgan fingerprint density at radius 1 is 0.865 bits per heavy atom. The Hall–Kier alpha value is -4.19. The van der Waals surface area contributed by atoms with Crippen LogP contribution in [0.5, 0.6) is 11.5 Å². The van der Waals surface area contributed by atoms with Crippen molar-refractivity contribution >= 4 is 11.7 Å². The molecule has 1 aliphatic carbocycles. The first-order valence-corrected chi connectivity index (χ1v) is 12.8. The van der Waals surface area contributed by atoms with E-state index in [1.807, 2.05) is 47.4 Å². The number of methoxy groups -OCH3 is 2. The maximum Gasteiger partial charge on any atom is 0.322 e. The lowest BCUT2D eigenvalue weighted by molar-refractivity contribution is 0.194. The van der Waals surface area contributed by atoms with Crippen molar-refractivity contribution < 1.29 is 14.3 Å². The van der Waals surface area contributed by atoms with Crippen LogP contribution in [0, 0.1) is 0 Å². The Bertz CT molecular complexity index is 1460. The first-order valence-electron chi connectivity index (χ1n) is 12.8. The summed E-state index contributed by atoms with van der Waals surface area (Å²) < 4.78 is 13.3. The molecule has 4 aromatic rings. The van der Waals surface area contributed by atoms with Crippen LogP contribution in [-0.2, 0) is 19.4 Å². The minimum absolute atomic E-state index is 0.122. The van der Waals surface area contributed by atoms with E-state index >= 15 is 0 Å². The number of aromatic nitrogens is 1. The van der Waals surface area contributed by atoms with Crippen molar-refractivity contribution in [1.29, 1.82) is 0 Å². The Balaban J connectivity index is 1.47. The highest BCUT2D eigenvalue weighted by Crippen LogP contribution is 2.40. The fourth-order valence-electron chi connectivity index (χ4n) is 5.80. The summed E-state index contributed by atoms with van der Waals surface area (Å²) >= 11 is 0. The van der Waals surface area contributed by atoms with Crippen molar-refractivity contribution in [2.75, 3.05) is 19.5 Å². The van der Waals surface area contributed by atoms with Gasteiger partial charge in [-0.3, -0.25) is 0 Å². The topological polar surface area (TPSA) is 55.7 Å². The first kappa shape index (κ1) is 23.2. The number of ether oxygens (including phenoxy) is 2. The molecule has 37 heavy (non-hydrogen) atoms. The number of aryl methyl sites for hydroxylation is 1. The second-order valence-corrected chi connectivity index (χ2v) is 9.66. The minimum atomic E-state index is -0.332. The number of carbonyl (C=O) groups is 1. The number of nitrogens with one attached hydrogen (secondary N) is 1. The summed E-state index contributed by atoms with van der Waals surface area (Å²) in [5, 5.41) is 3.29. The molecule has 6 nitrogen and oxygen atoms in total. The smallest absolute Gasteiger partial charge is 0.322 e. The number of carbonyl (C=O) groups excluding carboxylic acids is 1. The predicted molar refractivity (Wildman–Crippen MR) is 145 cm³/mol. The number of para-hydroxylation sites is 1. The molecule has 6 heteroatoms. The van der Waals surface area contributed by atoms with Gasteiger partial charge >= 0.3 is 6.03 Å². The molecule has 2 aliphatic rings. The van der Waals surface area contributed by atoms with Crippen LogP contribution in [0.15, 0.2) is 79.0 Å². The number of anilines is 1. The second kappa shape index (κ2) is 9.69. The summed E-state index contributed by atoms with van der Waals surface area (Å²) in [4.78, 5) is 16.1. The van der Waals surface area contributed by atoms with Crippen molar-refractivity contribution in [3.63, 3.8) is 0 Å². The van der Waals surface area contributed by atoms with Gasteiger partial charge < -0.3 is 24.3 Å². The summed E-state index contributed by atoms with van der Waals surface area (Å²) in [5.41, 5.74) is 7.67. The third kappa shape index (κ3) is 4.12. The van der Waals surface area contributed by atoms with Gasteiger partial charge in [-0.15, -0.1) is 0 Å². The van der Waals surface area contributed by atoms with Gasteiger partial charge in [0.05, 0.1) is 32.5 Å². The Labute approximate surface area is 217 Å². The average Bonchev–Trinajstić information content (AvgIpc) is 3.37. The van der Waals surface area contributed by atoms with Crippen LogP contribution in [0.3, 0.4) is 0 Å². The van der Waals surface area contributed by atoms with Crippen LogP contribution < -0.4 is 14.8 Å². The van der Waals surface area contributed by atoms with Gasteiger partial charge in [0.1, 0.15) is 0 Å². The summed E-state index contributed by atoms with van der Waals surface area (Å²) in [7, 11) is 3.27. The number of amides is 2. The largest absolute Gasteiger partial charge is 0.493 e. The zero-order valence-electron chi connectivity index (χ0n) is 21.2. The van der Waals surface area contributed by atoms with Gasteiger partial charge in [0.2, 0.25) is 0 Å². The van der Waals surface area contributed by atoms with Crippen molar-refractivity contribution in [3.05, 3.63) is 107 Å².